The first-order valence-electron chi connectivity index (χ1n) is 4.73. The van der Waals surface area contributed by atoms with E-state index in [2.05, 4.69) is 13.8 Å². The predicted octanol–water partition coefficient (Wildman–Crippen LogP) is 3.01. The van der Waals surface area contributed by atoms with Gasteiger partial charge in [-0.25, -0.2) is 0 Å². The van der Waals surface area contributed by atoms with Gasteiger partial charge in [0.15, 0.2) is 0 Å². The smallest absolute Gasteiger partial charge is 0.137 e. The lowest BCUT2D eigenvalue weighted by atomic mass is 10.2. The number of ether oxygens (including phenoxy) is 1. The van der Waals surface area contributed by atoms with Gasteiger partial charge in [0.25, 0.3) is 0 Å². The average molecular weight is 244 g/mol. The van der Waals surface area contributed by atoms with Crippen LogP contribution in [0.1, 0.15) is 19.4 Å². The van der Waals surface area contributed by atoms with Crippen LogP contribution in [0.3, 0.4) is 0 Å². The summed E-state index contributed by atoms with van der Waals surface area (Å²) in [5.74, 6) is 1.14. The Morgan fingerprint density at radius 3 is 2.67 bits per heavy atom. The lowest BCUT2D eigenvalue weighted by Crippen LogP contribution is -2.10. The lowest BCUT2D eigenvalue weighted by Gasteiger charge is -2.10. The molecule has 0 aliphatic carbocycles. The molecular weight excluding hydrogens is 230 g/mol. The van der Waals surface area contributed by atoms with Gasteiger partial charge in [-0.2, -0.15) is 0 Å². The Morgan fingerprint density at radius 1 is 1.53 bits per heavy atom. The van der Waals surface area contributed by atoms with E-state index in [0.29, 0.717) is 28.3 Å². The van der Waals surface area contributed by atoms with Crippen LogP contribution in [0, 0.1) is 5.92 Å². The zero-order valence-electron chi connectivity index (χ0n) is 8.79. The highest BCUT2D eigenvalue weighted by molar-refractivity contribution is 7.80. The minimum atomic E-state index is 0.340. The Labute approximate surface area is 100 Å². The second-order valence-corrected chi connectivity index (χ2v) is 4.56. The monoisotopic (exact) mass is 243 g/mol. The van der Waals surface area contributed by atoms with Crippen LogP contribution in [-0.2, 0) is 0 Å². The molecule has 2 N–H and O–H groups in total. The molecule has 0 unspecified atom stereocenters. The molecule has 0 amide bonds. The molecule has 0 bridgehead atoms. The number of halogens is 1. The summed E-state index contributed by atoms with van der Waals surface area (Å²) < 4.78 is 5.52. The first-order valence-corrected chi connectivity index (χ1v) is 5.51. The highest BCUT2D eigenvalue weighted by atomic mass is 35.5. The van der Waals surface area contributed by atoms with E-state index in [1.807, 2.05) is 6.07 Å². The predicted molar refractivity (Wildman–Crippen MR) is 67.7 cm³/mol. The SMILES string of the molecule is CC(C)COc1ccc(C(N)=S)cc1Cl. The van der Waals surface area contributed by atoms with Gasteiger partial charge < -0.3 is 10.5 Å². The maximum Gasteiger partial charge on any atom is 0.137 e. The van der Waals surface area contributed by atoms with Gasteiger partial charge in [-0.3, -0.25) is 0 Å². The van der Waals surface area contributed by atoms with Gasteiger partial charge in [0, 0.05) is 5.56 Å². The summed E-state index contributed by atoms with van der Waals surface area (Å²) in [4.78, 5) is 0.340. The van der Waals surface area contributed by atoms with Crippen molar-refractivity contribution in [2.24, 2.45) is 11.7 Å². The van der Waals surface area contributed by atoms with E-state index in [1.54, 1.807) is 12.1 Å². The minimum Gasteiger partial charge on any atom is -0.492 e. The maximum atomic E-state index is 6.02. The van der Waals surface area contributed by atoms with Crippen LogP contribution in [0.4, 0.5) is 0 Å². The second kappa shape index (κ2) is 5.33. The quantitative estimate of drug-likeness (QED) is 0.826. The molecule has 0 aromatic heterocycles. The topological polar surface area (TPSA) is 35.2 Å². The van der Waals surface area contributed by atoms with Gasteiger partial charge >= 0.3 is 0 Å². The van der Waals surface area contributed by atoms with Crippen molar-refractivity contribution in [1.29, 1.82) is 0 Å². The van der Waals surface area contributed by atoms with Crippen LogP contribution >= 0.6 is 23.8 Å². The van der Waals surface area contributed by atoms with Crippen LogP contribution in [-0.4, -0.2) is 11.6 Å². The Balaban J connectivity index is 2.79. The summed E-state index contributed by atoms with van der Waals surface area (Å²) in [6.45, 7) is 4.81. The van der Waals surface area contributed by atoms with Gasteiger partial charge in [-0.1, -0.05) is 37.7 Å². The molecule has 0 fully saturated rings. The summed E-state index contributed by atoms with van der Waals surface area (Å²) in [6.07, 6.45) is 0. The van der Waals surface area contributed by atoms with E-state index < -0.39 is 0 Å². The number of rotatable bonds is 4. The number of hydrogen-bond donors (Lipinski definition) is 1. The van der Waals surface area contributed by atoms with Crippen molar-refractivity contribution in [2.75, 3.05) is 6.61 Å². The van der Waals surface area contributed by atoms with Crippen molar-refractivity contribution in [3.05, 3.63) is 28.8 Å². The van der Waals surface area contributed by atoms with E-state index >= 15 is 0 Å². The van der Waals surface area contributed by atoms with Crippen LogP contribution in [0.5, 0.6) is 5.75 Å². The molecular formula is C11H14ClNOS. The largest absolute Gasteiger partial charge is 0.492 e. The van der Waals surface area contributed by atoms with E-state index in [4.69, 9.17) is 34.3 Å². The molecule has 15 heavy (non-hydrogen) atoms. The van der Waals surface area contributed by atoms with Gasteiger partial charge in [0.1, 0.15) is 10.7 Å². The van der Waals surface area contributed by atoms with Crippen LogP contribution in [0.2, 0.25) is 5.02 Å². The molecule has 0 atom stereocenters. The molecule has 82 valence electrons. The third-order valence-corrected chi connectivity index (χ3v) is 2.32. The summed E-state index contributed by atoms with van der Waals surface area (Å²) in [6, 6.07) is 5.32. The van der Waals surface area contributed by atoms with Gasteiger partial charge in [0.2, 0.25) is 0 Å². The standard InChI is InChI=1S/C11H14ClNOS/c1-7(2)6-14-10-4-3-8(11(13)15)5-9(10)12/h3-5,7H,6H2,1-2H3,(H2,13,15). The molecule has 1 rings (SSSR count). The lowest BCUT2D eigenvalue weighted by molar-refractivity contribution is 0.271. The molecule has 2 nitrogen and oxygen atoms in total. The average Bonchev–Trinajstić information content (AvgIpc) is 2.15. The Bertz CT molecular complexity index is 366. The summed E-state index contributed by atoms with van der Waals surface area (Å²) in [5.41, 5.74) is 6.24. The summed E-state index contributed by atoms with van der Waals surface area (Å²) in [5, 5.41) is 0.543. The van der Waals surface area contributed by atoms with Gasteiger partial charge in [0.05, 0.1) is 11.6 Å². The molecule has 1 aromatic rings. The van der Waals surface area contributed by atoms with Crippen molar-refractivity contribution in [1.82, 2.24) is 0 Å². The zero-order chi connectivity index (χ0) is 11.4. The number of benzene rings is 1. The molecule has 0 saturated heterocycles. The van der Waals surface area contributed by atoms with E-state index in [0.717, 1.165) is 5.56 Å². The first-order chi connectivity index (χ1) is 7.00. The van der Waals surface area contributed by atoms with Crippen molar-refractivity contribution in [2.45, 2.75) is 13.8 Å². The number of hydrogen-bond acceptors (Lipinski definition) is 2. The molecule has 0 aliphatic heterocycles. The fraction of sp³-hybridized carbons (Fsp3) is 0.364. The van der Waals surface area contributed by atoms with Crippen LogP contribution < -0.4 is 10.5 Å². The van der Waals surface area contributed by atoms with Gasteiger partial charge in [-0.05, 0) is 24.1 Å². The van der Waals surface area contributed by atoms with E-state index in [-0.39, 0.29) is 0 Å². The zero-order valence-corrected chi connectivity index (χ0v) is 10.4. The fourth-order valence-corrected chi connectivity index (χ4v) is 1.39. The summed E-state index contributed by atoms with van der Waals surface area (Å²) >= 11 is 10.9. The summed E-state index contributed by atoms with van der Waals surface area (Å²) in [7, 11) is 0. The van der Waals surface area contributed by atoms with Gasteiger partial charge in [-0.15, -0.1) is 0 Å². The van der Waals surface area contributed by atoms with Crippen molar-refractivity contribution in [3.63, 3.8) is 0 Å². The van der Waals surface area contributed by atoms with E-state index in [1.165, 1.54) is 0 Å². The van der Waals surface area contributed by atoms with E-state index in [9.17, 15) is 0 Å². The molecule has 0 radical (unpaired) electrons. The van der Waals surface area contributed by atoms with Crippen molar-refractivity contribution >= 4 is 28.8 Å². The normalized spacial score (nSPS) is 10.4. The van der Waals surface area contributed by atoms with Crippen LogP contribution in [0.25, 0.3) is 0 Å². The molecule has 1 aromatic carbocycles. The van der Waals surface area contributed by atoms with Crippen molar-refractivity contribution < 1.29 is 4.74 Å². The second-order valence-electron chi connectivity index (χ2n) is 3.71. The highest BCUT2D eigenvalue weighted by Crippen LogP contribution is 2.25. The Morgan fingerprint density at radius 2 is 2.20 bits per heavy atom. The Hall–Kier alpha value is -0.800. The highest BCUT2D eigenvalue weighted by Gasteiger charge is 2.05. The van der Waals surface area contributed by atoms with Crippen molar-refractivity contribution in [3.8, 4) is 5.75 Å². The molecule has 0 heterocycles. The minimum absolute atomic E-state index is 0.340. The third kappa shape index (κ3) is 3.68. The van der Waals surface area contributed by atoms with Crippen LogP contribution in [0.15, 0.2) is 18.2 Å². The molecule has 4 heteroatoms. The fourth-order valence-electron chi connectivity index (χ4n) is 1.03. The number of thiocarbonyl (C=S) groups is 1. The maximum absolute atomic E-state index is 6.02. The number of nitrogens with two attached hydrogens (primary N) is 1. The third-order valence-electron chi connectivity index (χ3n) is 1.79. The molecule has 0 saturated carbocycles. The first kappa shape index (κ1) is 12.3. The molecule has 0 aliphatic rings. The molecule has 0 spiro atoms. The Kier molecular flexibility index (Phi) is 4.36.